The van der Waals surface area contributed by atoms with Crippen LogP contribution in [0.1, 0.15) is 0 Å². The van der Waals surface area contributed by atoms with Crippen LogP contribution >= 0.6 is 0 Å². The van der Waals surface area contributed by atoms with E-state index in [9.17, 15) is 4.79 Å². The number of nitrogens with one attached hydrogen (secondary N) is 2. The van der Waals surface area contributed by atoms with Crippen LogP contribution < -0.4 is 21.5 Å². The smallest absolute Gasteiger partial charge is 0.256 e. The summed E-state index contributed by atoms with van der Waals surface area (Å²) >= 11 is 0. The van der Waals surface area contributed by atoms with E-state index in [2.05, 4.69) is 25.2 Å². The zero-order chi connectivity index (χ0) is 16.5. The van der Waals surface area contributed by atoms with Gasteiger partial charge in [-0.25, -0.2) is 9.97 Å². The number of hydrogen-bond donors (Lipinski definition) is 3. The average Bonchev–Trinajstić information content (AvgIpc) is 2.63. The van der Waals surface area contributed by atoms with Crippen molar-refractivity contribution in [3.8, 4) is 11.3 Å². The van der Waals surface area contributed by atoms with Crippen molar-refractivity contribution < 1.29 is 0 Å². The van der Waals surface area contributed by atoms with Gasteiger partial charge in [0.15, 0.2) is 0 Å². The van der Waals surface area contributed by atoms with E-state index in [0.717, 1.165) is 37.1 Å². The summed E-state index contributed by atoms with van der Waals surface area (Å²) in [4.78, 5) is 26.2. The number of fused-ring (bicyclic) bond motifs is 1. The molecule has 2 aromatic heterocycles. The summed E-state index contributed by atoms with van der Waals surface area (Å²) in [5.74, 6) is 0.711. The standard InChI is InChI=1S/C17H18N6O/c18-14-3-1-2-12-13(14)8-15(22-16(12)24)11-9-20-17(21-10-11)23-6-4-19-5-7-23/h1-3,8-10,19H,4-7,18H2,(H,22,24). The molecule has 1 aliphatic rings. The monoisotopic (exact) mass is 322 g/mol. The lowest BCUT2D eigenvalue weighted by Crippen LogP contribution is -2.44. The molecule has 0 bridgehead atoms. The summed E-state index contributed by atoms with van der Waals surface area (Å²) in [5, 5.41) is 4.62. The SMILES string of the molecule is Nc1cccc2c(=O)[nH]c(-c3cnc(N4CCNCC4)nc3)cc12. The molecule has 24 heavy (non-hydrogen) atoms. The van der Waals surface area contributed by atoms with E-state index >= 15 is 0 Å². The molecular formula is C17H18N6O. The Hall–Kier alpha value is -2.93. The summed E-state index contributed by atoms with van der Waals surface area (Å²) in [7, 11) is 0. The molecule has 1 aromatic carbocycles. The topological polar surface area (TPSA) is 99.9 Å². The van der Waals surface area contributed by atoms with Crippen molar-refractivity contribution in [1.29, 1.82) is 0 Å². The third-order valence-electron chi connectivity index (χ3n) is 4.27. The Morgan fingerprint density at radius 1 is 1.08 bits per heavy atom. The van der Waals surface area contributed by atoms with Gasteiger partial charge in [0.25, 0.3) is 5.56 Å². The minimum Gasteiger partial charge on any atom is -0.398 e. The van der Waals surface area contributed by atoms with E-state index in [0.29, 0.717) is 22.7 Å². The molecule has 0 aliphatic carbocycles. The van der Waals surface area contributed by atoms with Gasteiger partial charge in [0, 0.05) is 60.6 Å². The van der Waals surface area contributed by atoms with Crippen LogP contribution in [0.3, 0.4) is 0 Å². The number of aromatic nitrogens is 3. The number of aromatic amines is 1. The number of nitrogens with two attached hydrogens (primary N) is 1. The molecule has 1 saturated heterocycles. The molecule has 0 radical (unpaired) electrons. The van der Waals surface area contributed by atoms with E-state index in [1.165, 1.54) is 0 Å². The second-order valence-electron chi connectivity index (χ2n) is 5.83. The predicted octanol–water partition coefficient (Wildman–Crippen LogP) is 0.977. The Morgan fingerprint density at radius 3 is 2.58 bits per heavy atom. The molecule has 0 atom stereocenters. The molecule has 122 valence electrons. The van der Waals surface area contributed by atoms with Crippen molar-refractivity contribution in [3.05, 3.63) is 47.0 Å². The number of hydrogen-bond acceptors (Lipinski definition) is 6. The molecule has 3 aromatic rings. The summed E-state index contributed by atoms with van der Waals surface area (Å²) in [6.45, 7) is 3.65. The van der Waals surface area contributed by atoms with Crippen molar-refractivity contribution >= 4 is 22.4 Å². The summed E-state index contributed by atoms with van der Waals surface area (Å²) in [6.07, 6.45) is 3.47. The first-order valence-corrected chi connectivity index (χ1v) is 7.92. The van der Waals surface area contributed by atoms with E-state index in [1.54, 1.807) is 30.6 Å². The third kappa shape index (κ3) is 2.59. The van der Waals surface area contributed by atoms with Crippen molar-refractivity contribution in [2.24, 2.45) is 0 Å². The highest BCUT2D eigenvalue weighted by Gasteiger charge is 2.13. The highest BCUT2D eigenvalue weighted by Crippen LogP contribution is 2.23. The first-order valence-electron chi connectivity index (χ1n) is 7.92. The molecule has 7 heteroatoms. The van der Waals surface area contributed by atoms with E-state index < -0.39 is 0 Å². The summed E-state index contributed by atoms with van der Waals surface area (Å²) < 4.78 is 0. The number of rotatable bonds is 2. The van der Waals surface area contributed by atoms with Gasteiger partial charge in [-0.05, 0) is 18.2 Å². The third-order valence-corrected chi connectivity index (χ3v) is 4.27. The second-order valence-corrected chi connectivity index (χ2v) is 5.83. The first kappa shape index (κ1) is 14.6. The zero-order valence-electron chi connectivity index (χ0n) is 13.1. The van der Waals surface area contributed by atoms with Gasteiger partial charge in [0.2, 0.25) is 5.95 Å². The Balaban J connectivity index is 1.72. The van der Waals surface area contributed by atoms with E-state index in [-0.39, 0.29) is 5.56 Å². The maximum atomic E-state index is 12.3. The van der Waals surface area contributed by atoms with Crippen molar-refractivity contribution in [3.63, 3.8) is 0 Å². The Labute approximate surface area is 138 Å². The van der Waals surface area contributed by atoms with Gasteiger partial charge in [-0.2, -0.15) is 0 Å². The van der Waals surface area contributed by atoms with Crippen LogP contribution in [0.4, 0.5) is 11.6 Å². The van der Waals surface area contributed by atoms with Crippen LogP contribution in [0.25, 0.3) is 22.0 Å². The van der Waals surface area contributed by atoms with Gasteiger partial charge in [-0.1, -0.05) is 6.07 Å². The highest BCUT2D eigenvalue weighted by molar-refractivity contribution is 5.94. The molecule has 4 rings (SSSR count). The number of H-pyrrole nitrogens is 1. The van der Waals surface area contributed by atoms with Crippen molar-refractivity contribution in [2.75, 3.05) is 36.8 Å². The van der Waals surface area contributed by atoms with Gasteiger partial charge < -0.3 is 20.9 Å². The van der Waals surface area contributed by atoms with Gasteiger partial charge in [0.05, 0.1) is 5.69 Å². The minimum absolute atomic E-state index is 0.166. The number of piperazine rings is 1. The molecule has 0 spiro atoms. The lowest BCUT2D eigenvalue weighted by Gasteiger charge is -2.27. The quantitative estimate of drug-likeness (QED) is 0.608. The summed E-state index contributed by atoms with van der Waals surface area (Å²) in [6, 6.07) is 7.20. The first-order chi connectivity index (χ1) is 11.7. The lowest BCUT2D eigenvalue weighted by molar-refractivity contribution is 0.580. The molecule has 3 heterocycles. The maximum Gasteiger partial charge on any atom is 0.256 e. The molecule has 1 aliphatic heterocycles. The van der Waals surface area contributed by atoms with Gasteiger partial charge in [0.1, 0.15) is 0 Å². The fourth-order valence-corrected chi connectivity index (χ4v) is 2.96. The molecule has 7 nitrogen and oxygen atoms in total. The van der Waals surface area contributed by atoms with Crippen molar-refractivity contribution in [2.45, 2.75) is 0 Å². The number of pyridine rings is 1. The normalized spacial score (nSPS) is 14.9. The number of anilines is 2. The summed E-state index contributed by atoms with van der Waals surface area (Å²) in [5.41, 5.74) is 7.84. The molecule has 4 N–H and O–H groups in total. The van der Waals surface area contributed by atoms with Gasteiger partial charge in [-0.3, -0.25) is 4.79 Å². The van der Waals surface area contributed by atoms with Crippen LogP contribution in [0.15, 0.2) is 41.5 Å². The Morgan fingerprint density at radius 2 is 1.83 bits per heavy atom. The minimum atomic E-state index is -0.166. The van der Waals surface area contributed by atoms with Crippen LogP contribution in [0.2, 0.25) is 0 Å². The van der Waals surface area contributed by atoms with Crippen LogP contribution in [-0.2, 0) is 0 Å². The Bertz CT molecular complexity index is 928. The van der Waals surface area contributed by atoms with Crippen LogP contribution in [0, 0.1) is 0 Å². The molecule has 0 saturated carbocycles. The van der Waals surface area contributed by atoms with Crippen molar-refractivity contribution in [1.82, 2.24) is 20.3 Å². The Kier molecular flexibility index (Phi) is 3.62. The van der Waals surface area contributed by atoms with Gasteiger partial charge in [-0.15, -0.1) is 0 Å². The second kappa shape index (κ2) is 5.93. The maximum absolute atomic E-state index is 12.3. The average molecular weight is 322 g/mol. The van der Waals surface area contributed by atoms with E-state index in [4.69, 9.17) is 5.73 Å². The van der Waals surface area contributed by atoms with Crippen LogP contribution in [-0.4, -0.2) is 41.1 Å². The highest BCUT2D eigenvalue weighted by atomic mass is 16.1. The largest absolute Gasteiger partial charge is 0.398 e. The van der Waals surface area contributed by atoms with Crippen LogP contribution in [0.5, 0.6) is 0 Å². The number of nitrogen functional groups attached to an aromatic ring is 1. The predicted molar refractivity (Wildman–Crippen MR) is 95.1 cm³/mol. The molecule has 1 fully saturated rings. The number of benzene rings is 1. The number of nitrogens with zero attached hydrogens (tertiary/aromatic N) is 3. The molecule has 0 amide bonds. The zero-order valence-corrected chi connectivity index (χ0v) is 13.1. The molecular weight excluding hydrogens is 304 g/mol. The lowest BCUT2D eigenvalue weighted by atomic mass is 10.1. The van der Waals surface area contributed by atoms with Gasteiger partial charge >= 0.3 is 0 Å². The molecule has 0 unspecified atom stereocenters. The fraction of sp³-hybridized carbons (Fsp3) is 0.235. The van der Waals surface area contributed by atoms with E-state index in [1.807, 2.05) is 6.07 Å². The fourth-order valence-electron chi connectivity index (χ4n) is 2.96.